The molecule has 4 N–H and O–H groups in total. The number of fused-ring (bicyclic) bond motifs is 1. The summed E-state index contributed by atoms with van der Waals surface area (Å²) in [5.74, 6) is -0.0251. The molecule has 2 aromatic carbocycles. The van der Waals surface area contributed by atoms with Gasteiger partial charge in [-0.1, -0.05) is 44.0 Å². The lowest BCUT2D eigenvalue weighted by molar-refractivity contribution is -0.114. The molecule has 0 spiro atoms. The predicted molar refractivity (Wildman–Crippen MR) is 108 cm³/mol. The molecule has 6 nitrogen and oxygen atoms in total. The minimum absolute atomic E-state index is 0.177. The number of sulfonamides is 1. The number of hydrogen-bond acceptors (Lipinski definition) is 4. The number of nitrogens with one attached hydrogen (secondary N) is 2. The predicted octanol–water partition coefficient (Wildman–Crippen LogP) is 2.98. The fourth-order valence-electron chi connectivity index (χ4n) is 4.04. The van der Waals surface area contributed by atoms with Crippen molar-refractivity contribution in [3.8, 4) is 0 Å². The number of anilines is 1. The van der Waals surface area contributed by atoms with Crippen LogP contribution in [0.3, 0.4) is 0 Å². The van der Waals surface area contributed by atoms with E-state index in [4.69, 9.17) is 5.73 Å². The van der Waals surface area contributed by atoms with Crippen LogP contribution in [0.4, 0.5) is 5.69 Å². The number of benzene rings is 2. The smallest absolute Gasteiger partial charge is 0.241 e. The standard InChI is InChI=1S/C20H27N3O3S/c1-14-7-5-6-12-20(14,13-21)23-27(25,26)19-11-10-18(22-15(2)24)16-8-3-4-9-17(16)19/h3-4,8-11,14,23H,5-7,12-13,21H2,1-2H3,(H,22,24). The van der Waals surface area contributed by atoms with Crippen LogP contribution in [-0.4, -0.2) is 26.4 Å². The summed E-state index contributed by atoms with van der Waals surface area (Å²) in [6.07, 6.45) is 3.76. The second-order valence-electron chi connectivity index (χ2n) is 7.45. The first-order valence-electron chi connectivity index (χ1n) is 9.32. The van der Waals surface area contributed by atoms with Crippen molar-refractivity contribution < 1.29 is 13.2 Å². The highest BCUT2D eigenvalue weighted by Crippen LogP contribution is 2.36. The van der Waals surface area contributed by atoms with Crippen LogP contribution in [0.5, 0.6) is 0 Å². The van der Waals surface area contributed by atoms with Crippen LogP contribution in [0, 0.1) is 5.92 Å². The zero-order valence-corrected chi connectivity index (χ0v) is 16.6. The highest BCUT2D eigenvalue weighted by Gasteiger charge is 2.40. The number of nitrogens with two attached hydrogens (primary N) is 1. The van der Waals surface area contributed by atoms with Crippen LogP contribution in [0.15, 0.2) is 41.3 Å². The Morgan fingerprint density at radius 3 is 2.52 bits per heavy atom. The fraction of sp³-hybridized carbons (Fsp3) is 0.450. The summed E-state index contributed by atoms with van der Waals surface area (Å²) in [7, 11) is -3.78. The highest BCUT2D eigenvalue weighted by molar-refractivity contribution is 7.89. The Bertz CT molecular complexity index is 958. The van der Waals surface area contributed by atoms with Gasteiger partial charge in [0.05, 0.1) is 4.90 Å². The van der Waals surface area contributed by atoms with Crippen molar-refractivity contribution in [1.82, 2.24) is 4.72 Å². The number of carbonyl (C=O) groups is 1. The summed E-state index contributed by atoms with van der Waals surface area (Å²) in [6, 6.07) is 10.4. The van der Waals surface area contributed by atoms with E-state index in [1.165, 1.54) is 6.92 Å². The lowest BCUT2D eigenvalue weighted by Crippen LogP contribution is -2.58. The van der Waals surface area contributed by atoms with Crippen LogP contribution < -0.4 is 15.8 Å². The average molecular weight is 390 g/mol. The molecular formula is C20H27N3O3S. The summed E-state index contributed by atoms with van der Waals surface area (Å²) in [4.78, 5) is 11.7. The van der Waals surface area contributed by atoms with Crippen LogP contribution in [-0.2, 0) is 14.8 Å². The molecule has 3 rings (SSSR count). The molecule has 0 radical (unpaired) electrons. The van der Waals surface area contributed by atoms with Crippen molar-refractivity contribution in [2.75, 3.05) is 11.9 Å². The van der Waals surface area contributed by atoms with Crippen molar-refractivity contribution in [3.63, 3.8) is 0 Å². The molecule has 0 saturated heterocycles. The lowest BCUT2D eigenvalue weighted by atomic mass is 9.74. The van der Waals surface area contributed by atoms with E-state index in [0.717, 1.165) is 25.7 Å². The molecule has 2 atom stereocenters. The Kier molecular flexibility index (Phi) is 5.55. The van der Waals surface area contributed by atoms with Gasteiger partial charge in [0.15, 0.2) is 0 Å². The molecule has 2 aromatic rings. The Balaban J connectivity index is 2.07. The molecule has 0 heterocycles. The molecule has 0 aliphatic heterocycles. The van der Waals surface area contributed by atoms with Gasteiger partial charge in [0.2, 0.25) is 15.9 Å². The molecule has 1 fully saturated rings. The molecule has 2 unspecified atom stereocenters. The third-order valence-electron chi connectivity index (χ3n) is 5.64. The molecular weight excluding hydrogens is 362 g/mol. The van der Waals surface area contributed by atoms with Crippen LogP contribution >= 0.6 is 0 Å². The molecule has 27 heavy (non-hydrogen) atoms. The minimum atomic E-state index is -3.78. The molecule has 146 valence electrons. The van der Waals surface area contributed by atoms with Crippen molar-refractivity contribution in [3.05, 3.63) is 36.4 Å². The highest BCUT2D eigenvalue weighted by atomic mass is 32.2. The van der Waals surface area contributed by atoms with Crippen molar-refractivity contribution in [2.24, 2.45) is 11.7 Å². The van der Waals surface area contributed by atoms with E-state index in [2.05, 4.69) is 17.0 Å². The van der Waals surface area contributed by atoms with Gasteiger partial charge in [-0.2, -0.15) is 0 Å². The van der Waals surface area contributed by atoms with Gasteiger partial charge in [-0.05, 0) is 30.9 Å². The molecule has 1 aliphatic rings. The van der Waals surface area contributed by atoms with Crippen molar-refractivity contribution >= 4 is 32.4 Å². The SMILES string of the molecule is CC(=O)Nc1ccc(S(=O)(=O)NC2(CN)CCCCC2C)c2ccccc12. The quantitative estimate of drug-likeness (QED) is 0.732. The van der Waals surface area contributed by atoms with Crippen LogP contribution in [0.25, 0.3) is 10.8 Å². The molecule has 0 bridgehead atoms. The summed E-state index contributed by atoms with van der Waals surface area (Å²) < 4.78 is 29.5. The summed E-state index contributed by atoms with van der Waals surface area (Å²) in [5.41, 5.74) is 6.01. The normalized spacial score (nSPS) is 23.3. The maximum Gasteiger partial charge on any atom is 0.241 e. The van der Waals surface area contributed by atoms with Gasteiger partial charge in [-0.25, -0.2) is 13.1 Å². The van der Waals surface area contributed by atoms with E-state index < -0.39 is 15.6 Å². The van der Waals surface area contributed by atoms with Crippen LogP contribution in [0.2, 0.25) is 0 Å². The topological polar surface area (TPSA) is 101 Å². The first-order valence-corrected chi connectivity index (χ1v) is 10.8. The first-order chi connectivity index (χ1) is 12.8. The number of rotatable bonds is 5. The van der Waals surface area contributed by atoms with E-state index in [1.54, 1.807) is 24.3 Å². The second kappa shape index (κ2) is 7.58. The number of hydrogen-bond donors (Lipinski definition) is 3. The zero-order valence-electron chi connectivity index (χ0n) is 15.8. The maximum absolute atomic E-state index is 13.3. The van der Waals surface area contributed by atoms with E-state index >= 15 is 0 Å². The van der Waals surface area contributed by atoms with E-state index in [0.29, 0.717) is 16.5 Å². The van der Waals surface area contributed by atoms with Gasteiger partial charge in [-0.3, -0.25) is 4.79 Å². The monoisotopic (exact) mass is 389 g/mol. The summed E-state index contributed by atoms with van der Waals surface area (Å²) in [6.45, 7) is 3.76. The molecule has 1 aliphatic carbocycles. The maximum atomic E-state index is 13.3. The average Bonchev–Trinajstić information content (AvgIpc) is 2.63. The zero-order chi connectivity index (χ0) is 19.7. The van der Waals surface area contributed by atoms with Crippen molar-refractivity contribution in [2.45, 2.75) is 50.0 Å². The largest absolute Gasteiger partial charge is 0.329 e. The summed E-state index contributed by atoms with van der Waals surface area (Å²) in [5, 5.41) is 4.02. The Morgan fingerprint density at radius 1 is 1.19 bits per heavy atom. The van der Waals surface area contributed by atoms with Crippen LogP contribution in [0.1, 0.15) is 39.5 Å². The molecule has 1 amide bonds. The Labute approximate surface area is 160 Å². The van der Waals surface area contributed by atoms with Gasteiger partial charge in [-0.15, -0.1) is 0 Å². The third-order valence-corrected chi connectivity index (χ3v) is 7.25. The first kappa shape index (κ1) is 19.8. The number of carbonyl (C=O) groups excluding carboxylic acids is 1. The minimum Gasteiger partial charge on any atom is -0.329 e. The lowest BCUT2D eigenvalue weighted by Gasteiger charge is -2.42. The number of amides is 1. The van der Waals surface area contributed by atoms with Gasteiger partial charge in [0.25, 0.3) is 0 Å². The van der Waals surface area contributed by atoms with E-state index in [9.17, 15) is 13.2 Å². The van der Waals surface area contributed by atoms with E-state index in [-0.39, 0.29) is 23.3 Å². The van der Waals surface area contributed by atoms with Gasteiger partial charge < -0.3 is 11.1 Å². The van der Waals surface area contributed by atoms with Crippen molar-refractivity contribution in [1.29, 1.82) is 0 Å². The van der Waals surface area contributed by atoms with Gasteiger partial charge in [0.1, 0.15) is 0 Å². The fourth-order valence-corrected chi connectivity index (χ4v) is 5.78. The second-order valence-corrected chi connectivity index (χ2v) is 9.10. The van der Waals surface area contributed by atoms with Gasteiger partial charge in [0, 0.05) is 35.5 Å². The molecule has 7 heteroatoms. The van der Waals surface area contributed by atoms with Gasteiger partial charge >= 0.3 is 0 Å². The Hall–Kier alpha value is -1.96. The Morgan fingerprint density at radius 2 is 1.89 bits per heavy atom. The van der Waals surface area contributed by atoms with E-state index in [1.807, 2.05) is 12.1 Å². The summed E-state index contributed by atoms with van der Waals surface area (Å²) >= 11 is 0. The molecule has 0 aromatic heterocycles. The molecule has 1 saturated carbocycles. The third kappa shape index (κ3) is 3.85.